The van der Waals surface area contributed by atoms with E-state index in [-0.39, 0.29) is 6.10 Å². The van der Waals surface area contributed by atoms with Gasteiger partial charge in [0.15, 0.2) is 0 Å². The van der Waals surface area contributed by atoms with Crippen molar-refractivity contribution < 1.29 is 5.11 Å². The Morgan fingerprint density at radius 1 is 1.27 bits per heavy atom. The molecule has 0 bridgehead atoms. The van der Waals surface area contributed by atoms with E-state index in [0.717, 1.165) is 12.5 Å². The number of hydrogen-bond acceptors (Lipinski definition) is 3. The molecule has 2 rings (SSSR count). The molecule has 2 N–H and O–H groups in total. The van der Waals surface area contributed by atoms with Crippen molar-refractivity contribution in [3.63, 3.8) is 0 Å². The molecule has 0 aromatic rings. The molecule has 1 saturated heterocycles. The van der Waals surface area contributed by atoms with E-state index < -0.39 is 0 Å². The summed E-state index contributed by atoms with van der Waals surface area (Å²) in [5.74, 6) is 1.02. The monoisotopic (exact) mass is 212 g/mol. The summed E-state index contributed by atoms with van der Waals surface area (Å²) in [6.45, 7) is 6.41. The van der Waals surface area contributed by atoms with Crippen LogP contribution in [0.4, 0.5) is 0 Å². The van der Waals surface area contributed by atoms with E-state index in [1.54, 1.807) is 0 Å². The van der Waals surface area contributed by atoms with Crippen LogP contribution in [0.5, 0.6) is 0 Å². The van der Waals surface area contributed by atoms with Crippen molar-refractivity contribution in [2.24, 2.45) is 5.92 Å². The number of aliphatic hydroxyl groups is 1. The molecule has 1 aliphatic carbocycles. The fourth-order valence-electron chi connectivity index (χ4n) is 2.32. The third-order valence-corrected chi connectivity index (χ3v) is 3.50. The van der Waals surface area contributed by atoms with Crippen LogP contribution in [0.2, 0.25) is 0 Å². The van der Waals surface area contributed by atoms with Crippen LogP contribution in [0.15, 0.2) is 0 Å². The van der Waals surface area contributed by atoms with Crippen LogP contribution in [0.1, 0.15) is 32.6 Å². The third kappa shape index (κ3) is 4.09. The zero-order valence-corrected chi connectivity index (χ0v) is 9.78. The molecule has 3 nitrogen and oxygen atoms in total. The molecule has 0 aromatic carbocycles. The van der Waals surface area contributed by atoms with Gasteiger partial charge in [-0.2, -0.15) is 0 Å². The van der Waals surface area contributed by atoms with E-state index >= 15 is 0 Å². The molecule has 0 unspecified atom stereocenters. The maximum Gasteiger partial charge on any atom is 0.0636 e. The van der Waals surface area contributed by atoms with Gasteiger partial charge >= 0.3 is 0 Å². The quantitative estimate of drug-likeness (QED) is 0.708. The average Bonchev–Trinajstić information content (AvgIpc) is 3.01. The van der Waals surface area contributed by atoms with Crippen LogP contribution in [0, 0.1) is 5.92 Å². The van der Waals surface area contributed by atoms with Gasteiger partial charge in [0.1, 0.15) is 0 Å². The molecule has 2 fully saturated rings. The number of nitrogens with one attached hydrogen (secondary N) is 1. The average molecular weight is 212 g/mol. The normalized spacial score (nSPS) is 26.8. The number of hydrogen-bond donors (Lipinski definition) is 2. The van der Waals surface area contributed by atoms with Gasteiger partial charge < -0.3 is 15.3 Å². The second-order valence-electron chi connectivity index (χ2n) is 5.28. The van der Waals surface area contributed by atoms with Crippen LogP contribution >= 0.6 is 0 Å². The van der Waals surface area contributed by atoms with Gasteiger partial charge in [0, 0.05) is 19.1 Å². The smallest absolute Gasteiger partial charge is 0.0636 e. The van der Waals surface area contributed by atoms with Crippen LogP contribution in [-0.4, -0.2) is 48.3 Å². The van der Waals surface area contributed by atoms with Crippen molar-refractivity contribution in [2.45, 2.75) is 44.8 Å². The lowest BCUT2D eigenvalue weighted by atomic mass is 10.0. The Balaban J connectivity index is 1.58. The number of likely N-dealkylation sites (tertiary alicyclic amines) is 1. The van der Waals surface area contributed by atoms with E-state index in [0.29, 0.717) is 6.04 Å². The highest BCUT2D eigenvalue weighted by atomic mass is 16.3. The van der Waals surface area contributed by atoms with Gasteiger partial charge in [-0.25, -0.2) is 0 Å². The van der Waals surface area contributed by atoms with E-state index in [1.165, 1.54) is 45.3 Å². The predicted octanol–water partition coefficient (Wildman–Crippen LogP) is 0.831. The first-order valence-electron chi connectivity index (χ1n) is 6.38. The van der Waals surface area contributed by atoms with Crippen molar-refractivity contribution in [1.29, 1.82) is 0 Å². The first-order chi connectivity index (χ1) is 7.24. The Kier molecular flexibility index (Phi) is 4.00. The molecule has 1 aliphatic heterocycles. The fourth-order valence-corrected chi connectivity index (χ4v) is 2.32. The second kappa shape index (κ2) is 5.28. The number of nitrogens with zero attached hydrogens (tertiary/aromatic N) is 1. The molecule has 2 aliphatic rings. The maximum atomic E-state index is 9.19. The highest BCUT2D eigenvalue weighted by molar-refractivity contribution is 4.82. The van der Waals surface area contributed by atoms with Crippen LogP contribution in [0.25, 0.3) is 0 Å². The molecule has 15 heavy (non-hydrogen) atoms. The summed E-state index contributed by atoms with van der Waals surface area (Å²) < 4.78 is 0. The van der Waals surface area contributed by atoms with Gasteiger partial charge in [-0.1, -0.05) is 0 Å². The minimum Gasteiger partial charge on any atom is -0.392 e. The molecule has 3 heteroatoms. The predicted molar refractivity (Wildman–Crippen MR) is 61.9 cm³/mol. The molecule has 0 radical (unpaired) electrons. The molecule has 0 amide bonds. The Morgan fingerprint density at radius 2 is 1.93 bits per heavy atom. The molecule has 1 heterocycles. The van der Waals surface area contributed by atoms with Gasteiger partial charge in [0.25, 0.3) is 0 Å². The second-order valence-corrected chi connectivity index (χ2v) is 5.28. The van der Waals surface area contributed by atoms with Gasteiger partial charge in [0.05, 0.1) is 6.10 Å². The van der Waals surface area contributed by atoms with Crippen molar-refractivity contribution in [3.8, 4) is 0 Å². The lowest BCUT2D eigenvalue weighted by Crippen LogP contribution is -2.44. The van der Waals surface area contributed by atoms with Gasteiger partial charge in [-0.15, -0.1) is 0 Å². The van der Waals surface area contributed by atoms with Gasteiger partial charge in [0.2, 0.25) is 0 Å². The minimum absolute atomic E-state index is 0.213. The fraction of sp³-hybridized carbons (Fsp3) is 1.00. The SMILES string of the molecule is C[C@@H](O)CNC1CCN(CC2CC2)CC1. The van der Waals surface area contributed by atoms with E-state index in [4.69, 9.17) is 0 Å². The van der Waals surface area contributed by atoms with Crippen LogP contribution in [0.3, 0.4) is 0 Å². The van der Waals surface area contributed by atoms with E-state index in [9.17, 15) is 5.11 Å². The molecule has 1 atom stereocenters. The zero-order valence-electron chi connectivity index (χ0n) is 9.78. The van der Waals surface area contributed by atoms with Crippen LogP contribution in [-0.2, 0) is 0 Å². The van der Waals surface area contributed by atoms with Gasteiger partial charge in [-0.05, 0) is 51.6 Å². The van der Waals surface area contributed by atoms with Crippen LogP contribution < -0.4 is 5.32 Å². The first-order valence-corrected chi connectivity index (χ1v) is 6.38. The van der Waals surface area contributed by atoms with Crippen molar-refractivity contribution in [3.05, 3.63) is 0 Å². The summed E-state index contributed by atoms with van der Waals surface area (Å²) in [5, 5.41) is 12.6. The van der Waals surface area contributed by atoms with Crippen molar-refractivity contribution >= 4 is 0 Å². The minimum atomic E-state index is -0.213. The molecular formula is C12H24N2O. The topological polar surface area (TPSA) is 35.5 Å². The summed E-state index contributed by atoms with van der Waals surface area (Å²) in [7, 11) is 0. The van der Waals surface area contributed by atoms with E-state index in [1.807, 2.05) is 6.92 Å². The Labute approximate surface area is 92.8 Å². The van der Waals surface area contributed by atoms with Gasteiger partial charge in [-0.3, -0.25) is 0 Å². The lowest BCUT2D eigenvalue weighted by Gasteiger charge is -2.32. The lowest BCUT2D eigenvalue weighted by molar-refractivity contribution is 0.159. The Morgan fingerprint density at radius 3 is 2.47 bits per heavy atom. The summed E-state index contributed by atoms with van der Waals surface area (Å²) in [6.07, 6.45) is 5.20. The first kappa shape index (κ1) is 11.4. The largest absolute Gasteiger partial charge is 0.392 e. The number of piperidine rings is 1. The molecule has 0 aromatic heterocycles. The number of aliphatic hydroxyl groups excluding tert-OH is 1. The summed E-state index contributed by atoms with van der Waals surface area (Å²) in [5.41, 5.74) is 0. The Bertz CT molecular complexity index is 184. The van der Waals surface area contributed by atoms with E-state index in [2.05, 4.69) is 10.2 Å². The standard InChI is InChI=1S/C12H24N2O/c1-10(15)8-13-12-4-6-14(7-5-12)9-11-2-3-11/h10-13,15H,2-9H2,1H3/t10-/m1/s1. The highest BCUT2D eigenvalue weighted by Gasteiger charge is 2.26. The summed E-state index contributed by atoms with van der Waals surface area (Å²) in [6, 6.07) is 0.634. The number of rotatable bonds is 5. The maximum absolute atomic E-state index is 9.19. The molecular weight excluding hydrogens is 188 g/mol. The summed E-state index contributed by atoms with van der Waals surface area (Å²) in [4.78, 5) is 2.61. The Hall–Kier alpha value is -0.120. The van der Waals surface area contributed by atoms with Crippen molar-refractivity contribution in [2.75, 3.05) is 26.2 Å². The highest BCUT2D eigenvalue weighted by Crippen LogP contribution is 2.30. The third-order valence-electron chi connectivity index (χ3n) is 3.50. The zero-order chi connectivity index (χ0) is 10.7. The summed E-state index contributed by atoms with van der Waals surface area (Å²) >= 11 is 0. The molecule has 1 saturated carbocycles. The molecule has 0 spiro atoms. The van der Waals surface area contributed by atoms with Crippen molar-refractivity contribution in [1.82, 2.24) is 10.2 Å². The molecule has 88 valence electrons.